The van der Waals surface area contributed by atoms with Gasteiger partial charge in [0.1, 0.15) is 24.0 Å². The molecule has 0 aliphatic carbocycles. The van der Waals surface area contributed by atoms with E-state index in [2.05, 4.69) is 11.4 Å². The lowest BCUT2D eigenvalue weighted by molar-refractivity contribution is -0.112. The van der Waals surface area contributed by atoms with Crippen molar-refractivity contribution in [3.63, 3.8) is 0 Å². The van der Waals surface area contributed by atoms with Gasteiger partial charge in [-0.15, -0.1) is 0 Å². The van der Waals surface area contributed by atoms with Crippen molar-refractivity contribution in [2.45, 2.75) is 6.54 Å². The predicted molar refractivity (Wildman–Crippen MR) is 96.2 cm³/mol. The van der Waals surface area contributed by atoms with E-state index in [1.807, 2.05) is 30.3 Å². The van der Waals surface area contributed by atoms with Gasteiger partial charge in [-0.25, -0.2) is 4.39 Å². The SMILES string of the molecule is N#CCn1cc(/C=C(/C#N)C(=O)Nc2ccc(F)cc2)c2ccccc21. The highest BCUT2D eigenvalue weighted by molar-refractivity contribution is 6.10. The molecule has 26 heavy (non-hydrogen) atoms. The van der Waals surface area contributed by atoms with Gasteiger partial charge in [0.15, 0.2) is 0 Å². The Morgan fingerprint density at radius 3 is 2.58 bits per heavy atom. The van der Waals surface area contributed by atoms with Crippen molar-refractivity contribution in [1.82, 2.24) is 4.57 Å². The highest BCUT2D eigenvalue weighted by Gasteiger charge is 2.12. The minimum absolute atomic E-state index is 0.0887. The van der Waals surface area contributed by atoms with Crippen LogP contribution < -0.4 is 5.32 Å². The number of para-hydroxylation sites is 1. The summed E-state index contributed by atoms with van der Waals surface area (Å²) < 4.78 is 14.7. The maximum Gasteiger partial charge on any atom is 0.266 e. The largest absolute Gasteiger partial charge is 0.333 e. The zero-order valence-corrected chi connectivity index (χ0v) is 13.6. The molecule has 0 bridgehead atoms. The first-order valence-electron chi connectivity index (χ1n) is 7.76. The second kappa shape index (κ2) is 7.33. The number of anilines is 1. The first-order valence-corrected chi connectivity index (χ1v) is 7.76. The summed E-state index contributed by atoms with van der Waals surface area (Å²) in [5, 5.41) is 21.7. The number of amides is 1. The summed E-state index contributed by atoms with van der Waals surface area (Å²) in [6.45, 7) is 0.165. The van der Waals surface area contributed by atoms with E-state index in [0.29, 0.717) is 11.3 Å². The standard InChI is InChI=1S/C20H13FN4O/c21-16-5-7-17(8-6-16)24-20(26)14(12-23)11-15-13-25(10-9-22)19-4-2-1-3-18(15)19/h1-8,11,13H,10H2,(H,24,26)/b14-11-. The lowest BCUT2D eigenvalue weighted by atomic mass is 10.1. The zero-order valence-electron chi connectivity index (χ0n) is 13.6. The summed E-state index contributed by atoms with van der Waals surface area (Å²) >= 11 is 0. The number of halogens is 1. The second-order valence-electron chi connectivity index (χ2n) is 5.52. The summed E-state index contributed by atoms with van der Waals surface area (Å²) in [5.41, 5.74) is 1.82. The number of nitrogens with one attached hydrogen (secondary N) is 1. The predicted octanol–water partition coefficient (Wildman–Crippen LogP) is 3.85. The number of benzene rings is 2. The molecule has 3 rings (SSSR count). The van der Waals surface area contributed by atoms with E-state index in [1.165, 1.54) is 30.3 Å². The highest BCUT2D eigenvalue weighted by Crippen LogP contribution is 2.24. The summed E-state index contributed by atoms with van der Waals surface area (Å²) in [5.74, 6) is -0.999. The van der Waals surface area contributed by atoms with E-state index in [1.54, 1.807) is 10.8 Å². The summed E-state index contributed by atoms with van der Waals surface area (Å²) in [6, 6.07) is 16.7. The topological polar surface area (TPSA) is 81.6 Å². The molecule has 5 nitrogen and oxygen atoms in total. The molecular formula is C20H13FN4O. The smallest absolute Gasteiger partial charge is 0.266 e. The van der Waals surface area contributed by atoms with Gasteiger partial charge in [0.2, 0.25) is 0 Å². The first-order chi connectivity index (χ1) is 12.6. The quantitative estimate of drug-likeness (QED) is 0.576. The molecule has 1 heterocycles. The minimum atomic E-state index is -0.587. The number of hydrogen-bond acceptors (Lipinski definition) is 3. The Kier molecular flexibility index (Phi) is 4.78. The molecule has 0 fully saturated rings. The molecule has 0 saturated carbocycles. The third-order valence-electron chi connectivity index (χ3n) is 3.83. The fraction of sp³-hybridized carbons (Fsp3) is 0.0500. The van der Waals surface area contributed by atoms with E-state index < -0.39 is 11.7 Å². The number of nitriles is 2. The van der Waals surface area contributed by atoms with E-state index in [4.69, 9.17) is 5.26 Å². The monoisotopic (exact) mass is 344 g/mol. The van der Waals surface area contributed by atoms with E-state index in [-0.39, 0.29) is 12.1 Å². The van der Waals surface area contributed by atoms with Crippen LogP contribution >= 0.6 is 0 Å². The van der Waals surface area contributed by atoms with Crippen LogP contribution in [0, 0.1) is 28.5 Å². The van der Waals surface area contributed by atoms with Gasteiger partial charge in [0, 0.05) is 28.4 Å². The molecule has 0 aliphatic heterocycles. The van der Waals surface area contributed by atoms with Crippen molar-refractivity contribution < 1.29 is 9.18 Å². The Morgan fingerprint density at radius 1 is 1.15 bits per heavy atom. The van der Waals surface area contributed by atoms with E-state index >= 15 is 0 Å². The van der Waals surface area contributed by atoms with Crippen LogP contribution in [0.2, 0.25) is 0 Å². The Hall–Kier alpha value is -3.90. The maximum absolute atomic E-state index is 12.9. The van der Waals surface area contributed by atoms with Crippen molar-refractivity contribution in [2.24, 2.45) is 0 Å². The maximum atomic E-state index is 12.9. The van der Waals surface area contributed by atoms with Crippen molar-refractivity contribution in [3.05, 3.63) is 71.7 Å². The van der Waals surface area contributed by atoms with Crippen molar-refractivity contribution in [1.29, 1.82) is 10.5 Å². The molecule has 0 spiro atoms. The second-order valence-corrected chi connectivity index (χ2v) is 5.52. The molecule has 3 aromatic rings. The average molecular weight is 344 g/mol. The molecular weight excluding hydrogens is 331 g/mol. The molecule has 0 unspecified atom stereocenters. The zero-order chi connectivity index (χ0) is 18.5. The van der Waals surface area contributed by atoms with Gasteiger partial charge in [0.05, 0.1) is 6.07 Å². The van der Waals surface area contributed by atoms with Crippen LogP contribution in [-0.4, -0.2) is 10.5 Å². The van der Waals surface area contributed by atoms with Crippen molar-refractivity contribution in [2.75, 3.05) is 5.32 Å². The third-order valence-corrected chi connectivity index (χ3v) is 3.83. The molecule has 0 atom stereocenters. The van der Waals surface area contributed by atoms with Crippen LogP contribution in [0.1, 0.15) is 5.56 Å². The van der Waals surface area contributed by atoms with Crippen molar-refractivity contribution >= 4 is 28.6 Å². The number of aromatic nitrogens is 1. The number of hydrogen-bond donors (Lipinski definition) is 1. The highest BCUT2D eigenvalue weighted by atomic mass is 19.1. The first kappa shape index (κ1) is 16.9. The van der Waals surface area contributed by atoms with E-state index in [0.717, 1.165) is 10.9 Å². The van der Waals surface area contributed by atoms with Crippen LogP contribution in [-0.2, 0) is 11.3 Å². The van der Waals surface area contributed by atoms with Gasteiger partial charge in [-0.05, 0) is 36.4 Å². The minimum Gasteiger partial charge on any atom is -0.333 e. The normalized spacial score (nSPS) is 11.0. The third kappa shape index (κ3) is 3.45. The number of fused-ring (bicyclic) bond motifs is 1. The molecule has 1 amide bonds. The van der Waals surface area contributed by atoms with E-state index in [9.17, 15) is 14.4 Å². The lowest BCUT2D eigenvalue weighted by Crippen LogP contribution is -2.13. The molecule has 0 aliphatic rings. The molecule has 1 aromatic heterocycles. The Bertz CT molecular complexity index is 1080. The summed E-state index contributed by atoms with van der Waals surface area (Å²) in [7, 11) is 0. The number of carbonyl (C=O) groups is 1. The van der Waals surface area contributed by atoms with Gasteiger partial charge in [-0.2, -0.15) is 10.5 Å². The number of carbonyl (C=O) groups excluding carboxylic acids is 1. The summed E-state index contributed by atoms with van der Waals surface area (Å²) in [4.78, 5) is 12.3. The van der Waals surface area contributed by atoms with Crippen molar-refractivity contribution in [3.8, 4) is 12.1 Å². The van der Waals surface area contributed by atoms with Crippen LogP contribution in [0.4, 0.5) is 10.1 Å². The van der Waals surface area contributed by atoms with Crippen LogP contribution in [0.5, 0.6) is 0 Å². The molecule has 126 valence electrons. The molecule has 0 radical (unpaired) electrons. The molecule has 6 heteroatoms. The Balaban J connectivity index is 1.95. The van der Waals surface area contributed by atoms with Gasteiger partial charge < -0.3 is 9.88 Å². The number of rotatable bonds is 4. The van der Waals surface area contributed by atoms with Gasteiger partial charge in [-0.3, -0.25) is 4.79 Å². The number of nitrogens with zero attached hydrogens (tertiary/aromatic N) is 3. The molecule has 0 saturated heterocycles. The Morgan fingerprint density at radius 2 is 1.88 bits per heavy atom. The average Bonchev–Trinajstić information content (AvgIpc) is 2.99. The van der Waals surface area contributed by atoms with Crippen LogP contribution in [0.3, 0.4) is 0 Å². The van der Waals surface area contributed by atoms with Crippen LogP contribution in [0.15, 0.2) is 60.3 Å². The van der Waals surface area contributed by atoms with Crippen LogP contribution in [0.25, 0.3) is 17.0 Å². The molecule has 1 N–H and O–H groups in total. The Labute approximate surface area is 149 Å². The fourth-order valence-corrected chi connectivity index (χ4v) is 2.63. The van der Waals surface area contributed by atoms with Gasteiger partial charge >= 0.3 is 0 Å². The molecule has 2 aromatic carbocycles. The lowest BCUT2D eigenvalue weighted by Gasteiger charge is -2.03. The van der Waals surface area contributed by atoms with Gasteiger partial charge in [0.25, 0.3) is 5.91 Å². The van der Waals surface area contributed by atoms with Gasteiger partial charge in [-0.1, -0.05) is 18.2 Å². The summed E-state index contributed by atoms with van der Waals surface area (Å²) in [6.07, 6.45) is 3.21. The fourth-order valence-electron chi connectivity index (χ4n) is 2.63.